The standard InChI is InChI=1S/C13H15FN2O/c1-2-6-16-9-15-8-12(16)13(17)10-4-3-5-11(14)7-10/h3-5,7-9,13,17H,2,6H2,1H3. The number of aliphatic hydroxyl groups is 1. The molecule has 0 aliphatic heterocycles. The summed E-state index contributed by atoms with van der Waals surface area (Å²) in [7, 11) is 0. The van der Waals surface area contributed by atoms with E-state index >= 15 is 0 Å². The lowest BCUT2D eigenvalue weighted by molar-refractivity contribution is 0.209. The number of halogens is 1. The highest BCUT2D eigenvalue weighted by molar-refractivity contribution is 5.25. The largest absolute Gasteiger partial charge is 0.382 e. The summed E-state index contributed by atoms with van der Waals surface area (Å²) < 4.78 is 15.0. The van der Waals surface area contributed by atoms with Gasteiger partial charge in [0.05, 0.1) is 18.2 Å². The van der Waals surface area contributed by atoms with Crippen LogP contribution in [0, 0.1) is 5.82 Å². The van der Waals surface area contributed by atoms with Crippen LogP contribution in [0.3, 0.4) is 0 Å². The molecular weight excluding hydrogens is 219 g/mol. The molecule has 2 aromatic rings. The van der Waals surface area contributed by atoms with Crippen molar-refractivity contribution in [3.63, 3.8) is 0 Å². The Bertz CT molecular complexity index is 496. The molecule has 3 nitrogen and oxygen atoms in total. The number of aliphatic hydroxyl groups excluding tert-OH is 1. The average Bonchev–Trinajstić information content (AvgIpc) is 2.77. The predicted molar refractivity (Wildman–Crippen MR) is 63.0 cm³/mol. The van der Waals surface area contributed by atoms with E-state index in [1.807, 2.05) is 4.57 Å². The van der Waals surface area contributed by atoms with E-state index < -0.39 is 6.10 Å². The van der Waals surface area contributed by atoms with Gasteiger partial charge < -0.3 is 9.67 Å². The Morgan fingerprint density at radius 3 is 3.00 bits per heavy atom. The van der Waals surface area contributed by atoms with Crippen molar-refractivity contribution in [2.24, 2.45) is 0 Å². The van der Waals surface area contributed by atoms with Gasteiger partial charge in [0.1, 0.15) is 11.9 Å². The summed E-state index contributed by atoms with van der Waals surface area (Å²) in [6.45, 7) is 2.85. The third-order valence-electron chi connectivity index (χ3n) is 2.65. The van der Waals surface area contributed by atoms with Crippen molar-refractivity contribution in [3.8, 4) is 0 Å². The SMILES string of the molecule is CCCn1cncc1C(O)c1cccc(F)c1. The predicted octanol–water partition coefficient (Wildman–Crippen LogP) is 2.51. The average molecular weight is 234 g/mol. The number of rotatable bonds is 4. The molecular formula is C13H15FN2O. The van der Waals surface area contributed by atoms with Crippen LogP contribution in [0.1, 0.15) is 30.7 Å². The Hall–Kier alpha value is -1.68. The van der Waals surface area contributed by atoms with E-state index in [-0.39, 0.29) is 5.82 Å². The van der Waals surface area contributed by atoms with Gasteiger partial charge in [-0.25, -0.2) is 9.37 Å². The van der Waals surface area contributed by atoms with E-state index in [0.717, 1.165) is 13.0 Å². The van der Waals surface area contributed by atoms with Crippen molar-refractivity contribution in [1.29, 1.82) is 0 Å². The Kier molecular flexibility index (Phi) is 3.54. The highest BCUT2D eigenvalue weighted by atomic mass is 19.1. The molecule has 1 unspecified atom stereocenters. The van der Waals surface area contributed by atoms with Gasteiger partial charge in [-0.1, -0.05) is 19.1 Å². The molecule has 0 aliphatic carbocycles. The molecule has 0 amide bonds. The molecule has 17 heavy (non-hydrogen) atoms. The first-order valence-corrected chi connectivity index (χ1v) is 5.66. The Morgan fingerprint density at radius 1 is 1.47 bits per heavy atom. The van der Waals surface area contributed by atoms with Crippen molar-refractivity contribution in [1.82, 2.24) is 9.55 Å². The zero-order chi connectivity index (χ0) is 12.3. The van der Waals surface area contributed by atoms with Crippen LogP contribution >= 0.6 is 0 Å². The number of aryl methyl sites for hydroxylation is 1. The van der Waals surface area contributed by atoms with E-state index in [4.69, 9.17) is 0 Å². The lowest BCUT2D eigenvalue weighted by atomic mass is 10.1. The molecule has 0 saturated heterocycles. The quantitative estimate of drug-likeness (QED) is 0.882. The maximum Gasteiger partial charge on any atom is 0.123 e. The molecule has 0 spiro atoms. The van der Waals surface area contributed by atoms with E-state index in [0.29, 0.717) is 11.3 Å². The van der Waals surface area contributed by atoms with Gasteiger partial charge in [0.25, 0.3) is 0 Å². The smallest absolute Gasteiger partial charge is 0.123 e. The molecule has 4 heteroatoms. The van der Waals surface area contributed by atoms with Crippen LogP contribution < -0.4 is 0 Å². The molecule has 1 aromatic carbocycles. The molecule has 1 N–H and O–H groups in total. The molecule has 0 aliphatic rings. The van der Waals surface area contributed by atoms with Crippen LogP contribution in [-0.4, -0.2) is 14.7 Å². The van der Waals surface area contributed by atoms with Crippen LogP contribution in [0.5, 0.6) is 0 Å². The Balaban J connectivity index is 2.30. The molecule has 2 rings (SSSR count). The van der Waals surface area contributed by atoms with Crippen molar-refractivity contribution in [3.05, 3.63) is 53.9 Å². The third-order valence-corrected chi connectivity index (χ3v) is 2.65. The minimum atomic E-state index is -0.834. The van der Waals surface area contributed by atoms with Gasteiger partial charge in [-0.3, -0.25) is 0 Å². The lowest BCUT2D eigenvalue weighted by Crippen LogP contribution is -2.08. The normalized spacial score (nSPS) is 12.6. The highest BCUT2D eigenvalue weighted by Gasteiger charge is 2.15. The molecule has 90 valence electrons. The fraction of sp³-hybridized carbons (Fsp3) is 0.308. The molecule has 1 aromatic heterocycles. The second-order valence-corrected chi connectivity index (χ2v) is 3.97. The Morgan fingerprint density at radius 2 is 2.29 bits per heavy atom. The summed E-state index contributed by atoms with van der Waals surface area (Å²) >= 11 is 0. The van der Waals surface area contributed by atoms with Gasteiger partial charge in [0, 0.05) is 6.54 Å². The summed E-state index contributed by atoms with van der Waals surface area (Å²) in [5.41, 5.74) is 1.24. The van der Waals surface area contributed by atoms with Crippen LogP contribution in [0.2, 0.25) is 0 Å². The van der Waals surface area contributed by atoms with Gasteiger partial charge in [-0.15, -0.1) is 0 Å². The second-order valence-electron chi connectivity index (χ2n) is 3.97. The van der Waals surface area contributed by atoms with Crippen LogP contribution in [-0.2, 0) is 6.54 Å². The number of aromatic nitrogens is 2. The summed E-state index contributed by atoms with van der Waals surface area (Å²) in [6.07, 6.45) is 3.42. The van der Waals surface area contributed by atoms with Crippen molar-refractivity contribution in [2.75, 3.05) is 0 Å². The molecule has 1 heterocycles. The molecule has 0 saturated carbocycles. The zero-order valence-electron chi connectivity index (χ0n) is 9.68. The van der Waals surface area contributed by atoms with Crippen molar-refractivity contribution in [2.45, 2.75) is 26.0 Å². The summed E-state index contributed by atoms with van der Waals surface area (Å²) in [6, 6.07) is 6.00. The minimum absolute atomic E-state index is 0.344. The second kappa shape index (κ2) is 5.10. The number of imidazole rings is 1. The first-order chi connectivity index (χ1) is 8.22. The fourth-order valence-electron chi connectivity index (χ4n) is 1.83. The Labute approximate surface area is 99.5 Å². The summed E-state index contributed by atoms with van der Waals surface area (Å²) in [5.74, 6) is -0.344. The summed E-state index contributed by atoms with van der Waals surface area (Å²) in [5, 5.41) is 10.2. The van der Waals surface area contributed by atoms with E-state index in [1.165, 1.54) is 12.1 Å². The van der Waals surface area contributed by atoms with Crippen LogP contribution in [0.4, 0.5) is 4.39 Å². The van der Waals surface area contributed by atoms with E-state index in [1.54, 1.807) is 24.7 Å². The van der Waals surface area contributed by atoms with Gasteiger partial charge in [-0.2, -0.15) is 0 Å². The van der Waals surface area contributed by atoms with Crippen LogP contribution in [0.15, 0.2) is 36.8 Å². The summed E-state index contributed by atoms with van der Waals surface area (Å²) in [4.78, 5) is 4.02. The van der Waals surface area contributed by atoms with Gasteiger partial charge in [0.2, 0.25) is 0 Å². The minimum Gasteiger partial charge on any atom is -0.382 e. The van der Waals surface area contributed by atoms with Gasteiger partial charge in [0.15, 0.2) is 0 Å². The van der Waals surface area contributed by atoms with Crippen molar-refractivity contribution >= 4 is 0 Å². The third kappa shape index (κ3) is 2.53. The van der Waals surface area contributed by atoms with Gasteiger partial charge in [-0.05, 0) is 24.1 Å². The fourth-order valence-corrected chi connectivity index (χ4v) is 1.83. The maximum absolute atomic E-state index is 13.1. The lowest BCUT2D eigenvalue weighted by Gasteiger charge is -2.13. The van der Waals surface area contributed by atoms with E-state index in [9.17, 15) is 9.50 Å². The van der Waals surface area contributed by atoms with Gasteiger partial charge >= 0.3 is 0 Å². The number of hydrogen-bond donors (Lipinski definition) is 1. The maximum atomic E-state index is 13.1. The zero-order valence-corrected chi connectivity index (χ0v) is 9.68. The number of hydrogen-bond acceptors (Lipinski definition) is 2. The monoisotopic (exact) mass is 234 g/mol. The molecule has 1 atom stereocenters. The number of benzene rings is 1. The molecule has 0 bridgehead atoms. The molecule has 0 fully saturated rings. The van der Waals surface area contributed by atoms with E-state index in [2.05, 4.69) is 11.9 Å². The topological polar surface area (TPSA) is 38.0 Å². The van der Waals surface area contributed by atoms with Crippen LogP contribution in [0.25, 0.3) is 0 Å². The molecule has 0 radical (unpaired) electrons. The number of nitrogens with zero attached hydrogens (tertiary/aromatic N) is 2. The van der Waals surface area contributed by atoms with Crippen molar-refractivity contribution < 1.29 is 9.50 Å². The highest BCUT2D eigenvalue weighted by Crippen LogP contribution is 2.22. The first-order valence-electron chi connectivity index (χ1n) is 5.66. The first kappa shape index (κ1) is 11.8.